The number of methoxy groups -OCH3 is 1. The Labute approximate surface area is 259 Å². The predicted molar refractivity (Wildman–Crippen MR) is 154 cm³/mol. The molecule has 46 heavy (non-hydrogen) atoms. The summed E-state index contributed by atoms with van der Waals surface area (Å²) in [7, 11) is -4.43. The average molecular weight is 663 g/mol. The van der Waals surface area contributed by atoms with Gasteiger partial charge in [-0.1, -0.05) is 36.4 Å². The lowest BCUT2D eigenvalue weighted by atomic mass is 9.87. The van der Waals surface area contributed by atoms with E-state index in [1.165, 1.54) is 31.4 Å². The van der Waals surface area contributed by atoms with Gasteiger partial charge in [0.2, 0.25) is 5.91 Å². The quantitative estimate of drug-likeness (QED) is 0.204. The van der Waals surface area contributed by atoms with E-state index in [1.807, 2.05) is 6.08 Å². The minimum absolute atomic E-state index is 0.0447. The Bertz CT molecular complexity index is 1840. The molecule has 0 heterocycles. The zero-order chi connectivity index (χ0) is 33.4. The highest BCUT2D eigenvalue weighted by Gasteiger charge is 2.49. The van der Waals surface area contributed by atoms with Crippen molar-refractivity contribution in [3.05, 3.63) is 95.3 Å². The van der Waals surface area contributed by atoms with E-state index in [9.17, 15) is 45.5 Å². The van der Waals surface area contributed by atoms with Crippen LogP contribution in [0.3, 0.4) is 0 Å². The van der Waals surface area contributed by atoms with E-state index in [-0.39, 0.29) is 52.3 Å². The van der Waals surface area contributed by atoms with Crippen LogP contribution in [0.1, 0.15) is 32.7 Å². The van der Waals surface area contributed by atoms with Crippen LogP contribution in [-0.4, -0.2) is 50.0 Å². The van der Waals surface area contributed by atoms with Crippen molar-refractivity contribution in [2.75, 3.05) is 12.4 Å². The van der Waals surface area contributed by atoms with Crippen LogP contribution >= 0.6 is 0 Å². The van der Waals surface area contributed by atoms with Crippen molar-refractivity contribution in [2.24, 2.45) is 17.8 Å². The number of alkyl halides is 3. The second-order valence-electron chi connectivity index (χ2n) is 10.7. The molecule has 0 aliphatic heterocycles. The van der Waals surface area contributed by atoms with Gasteiger partial charge in [-0.3, -0.25) is 9.59 Å². The Kier molecular flexibility index (Phi) is 8.80. The summed E-state index contributed by atoms with van der Waals surface area (Å²) < 4.78 is 88.5. The number of amides is 2. The number of halogens is 4. The van der Waals surface area contributed by atoms with Crippen LogP contribution in [0, 0.1) is 23.6 Å². The number of aromatic carboxylic acids is 1. The van der Waals surface area contributed by atoms with Crippen LogP contribution in [-0.2, 0) is 21.2 Å². The first kappa shape index (κ1) is 32.5. The summed E-state index contributed by atoms with van der Waals surface area (Å²) in [6.07, 6.45) is 4.11. The van der Waals surface area contributed by atoms with Crippen LogP contribution in [0.15, 0.2) is 77.7 Å². The fourth-order valence-corrected chi connectivity index (χ4v) is 6.52. The number of ether oxygens (including phenoxy) is 2. The van der Waals surface area contributed by atoms with Crippen molar-refractivity contribution in [3.8, 4) is 11.5 Å². The van der Waals surface area contributed by atoms with Gasteiger partial charge in [-0.2, -0.15) is 13.2 Å². The normalized spacial score (nSPS) is 20.3. The third-order valence-corrected chi connectivity index (χ3v) is 9.39. The molecule has 0 radical (unpaired) electrons. The van der Waals surface area contributed by atoms with Crippen molar-refractivity contribution in [1.29, 1.82) is 0 Å². The van der Waals surface area contributed by atoms with Crippen molar-refractivity contribution in [2.45, 2.75) is 29.5 Å². The molecule has 2 amide bonds. The molecule has 3 aromatic carbocycles. The number of fused-ring (bicyclic) bond motifs is 2. The van der Waals surface area contributed by atoms with Gasteiger partial charge >= 0.3 is 11.5 Å². The first-order valence-electron chi connectivity index (χ1n) is 13.7. The molecule has 1 saturated carbocycles. The van der Waals surface area contributed by atoms with Crippen molar-refractivity contribution in [3.63, 3.8) is 0 Å². The number of rotatable bonds is 10. The molecule has 2 aliphatic rings. The molecule has 3 aromatic rings. The van der Waals surface area contributed by atoms with Crippen LogP contribution in [0.2, 0.25) is 0 Å². The number of nitrogens with one attached hydrogen (secondary N) is 2. The molecule has 1 fully saturated rings. The largest absolute Gasteiger partial charge is 0.501 e. The highest BCUT2D eigenvalue weighted by atomic mass is 32.2. The third kappa shape index (κ3) is 6.27. The van der Waals surface area contributed by atoms with Gasteiger partial charge in [-0.25, -0.2) is 17.6 Å². The molecule has 5 rings (SSSR count). The van der Waals surface area contributed by atoms with Crippen LogP contribution in [0.4, 0.5) is 23.2 Å². The average Bonchev–Trinajstić information content (AvgIpc) is 3.62. The summed E-state index contributed by atoms with van der Waals surface area (Å²) in [6.45, 7) is -0.322. The number of hydrogen-bond donors (Lipinski definition) is 3. The van der Waals surface area contributed by atoms with E-state index in [0.29, 0.717) is 12.5 Å². The van der Waals surface area contributed by atoms with Gasteiger partial charge in [0.05, 0.1) is 29.1 Å². The number of allylic oxidation sites excluding steroid dienone is 1. The highest BCUT2D eigenvalue weighted by molar-refractivity contribution is 7.92. The lowest BCUT2D eigenvalue weighted by Crippen LogP contribution is -2.47. The molecule has 0 spiro atoms. The number of carbonyl (C=O) groups is 3. The molecule has 15 heteroatoms. The Morgan fingerprint density at radius 3 is 2.37 bits per heavy atom. The van der Waals surface area contributed by atoms with Crippen molar-refractivity contribution in [1.82, 2.24) is 5.32 Å². The van der Waals surface area contributed by atoms with Crippen LogP contribution < -0.4 is 20.1 Å². The standard InChI is InChI=1S/C31H26F4N2O8S/c1-44-24-14-23(32)25(45-15-18-5-2-3-8-21(18)30(40)41)13-22(24)28(38)37-27-17-10-9-16(11-17)26(27)29(39)36-19-6-4-7-20(12-19)46(42,43)31(33,34)35/h2-10,12-14,16-17,26-27H,11,15H2,1H3,(H,36,39)(H,37,38)(H,40,41)/t16-,17+,26+,27-/m1/s1. The molecule has 0 aromatic heterocycles. The summed E-state index contributed by atoms with van der Waals surface area (Å²) >= 11 is 0. The maximum absolute atomic E-state index is 14.9. The molecule has 10 nitrogen and oxygen atoms in total. The first-order chi connectivity index (χ1) is 21.7. The predicted octanol–water partition coefficient (Wildman–Crippen LogP) is 4.96. The second kappa shape index (κ2) is 12.5. The summed E-state index contributed by atoms with van der Waals surface area (Å²) in [5.74, 6) is -5.47. The Balaban J connectivity index is 1.35. The van der Waals surface area contributed by atoms with Gasteiger partial charge < -0.3 is 25.2 Å². The molecular weight excluding hydrogens is 636 g/mol. The van der Waals surface area contributed by atoms with Gasteiger partial charge in [0, 0.05) is 23.4 Å². The number of benzene rings is 3. The number of hydrogen-bond acceptors (Lipinski definition) is 7. The Morgan fingerprint density at radius 2 is 1.67 bits per heavy atom. The topological polar surface area (TPSA) is 148 Å². The van der Waals surface area contributed by atoms with Gasteiger partial charge in [-0.05, 0) is 48.6 Å². The van der Waals surface area contributed by atoms with E-state index >= 15 is 0 Å². The van der Waals surface area contributed by atoms with Gasteiger partial charge in [-0.15, -0.1) is 0 Å². The molecule has 0 saturated heterocycles. The SMILES string of the molecule is COc1cc(F)c(OCc2ccccc2C(=O)O)cc1C(=O)N[C@H]1[C@@H](C(=O)Nc2cccc(S(=O)(=O)C(F)(F)F)c2)[C@@H]2C=C[C@H]1C2. The zero-order valence-electron chi connectivity index (χ0n) is 23.9. The van der Waals surface area contributed by atoms with Crippen LogP contribution in [0.5, 0.6) is 11.5 Å². The monoisotopic (exact) mass is 662 g/mol. The second-order valence-corrected chi connectivity index (χ2v) is 12.6. The maximum Gasteiger partial charge on any atom is 0.501 e. The summed E-state index contributed by atoms with van der Waals surface area (Å²) in [4.78, 5) is 37.4. The number of carbonyl (C=O) groups excluding carboxylic acids is 2. The molecule has 3 N–H and O–H groups in total. The van der Waals surface area contributed by atoms with E-state index in [2.05, 4.69) is 10.6 Å². The number of carboxylic acids is 1. The number of sulfone groups is 1. The zero-order valence-corrected chi connectivity index (χ0v) is 24.7. The van der Waals surface area contributed by atoms with E-state index < -0.39 is 55.8 Å². The van der Waals surface area contributed by atoms with E-state index in [0.717, 1.165) is 24.3 Å². The lowest BCUT2D eigenvalue weighted by Gasteiger charge is -2.28. The van der Waals surface area contributed by atoms with Crippen molar-refractivity contribution >= 4 is 33.3 Å². The minimum atomic E-state index is -5.65. The Hall–Kier alpha value is -4.92. The molecule has 2 aliphatic carbocycles. The van der Waals surface area contributed by atoms with E-state index in [1.54, 1.807) is 12.1 Å². The first-order valence-corrected chi connectivity index (χ1v) is 15.2. The van der Waals surface area contributed by atoms with Crippen LogP contribution in [0.25, 0.3) is 0 Å². The summed E-state index contributed by atoms with van der Waals surface area (Å²) in [5, 5.41) is 14.7. The number of carboxylic acid groups (broad SMARTS) is 1. The van der Waals surface area contributed by atoms with Crippen molar-refractivity contribution < 1.29 is 54.9 Å². The molecule has 0 unspecified atom stereocenters. The van der Waals surface area contributed by atoms with E-state index in [4.69, 9.17) is 9.47 Å². The lowest BCUT2D eigenvalue weighted by molar-refractivity contribution is -0.121. The summed E-state index contributed by atoms with van der Waals surface area (Å²) in [6, 6.07) is 11.0. The molecule has 242 valence electrons. The Morgan fingerprint density at radius 1 is 0.957 bits per heavy atom. The maximum atomic E-state index is 14.9. The molecular formula is C31H26F4N2O8S. The fraction of sp³-hybridized carbons (Fsp3) is 0.258. The van der Waals surface area contributed by atoms with Gasteiger partial charge in [0.25, 0.3) is 15.7 Å². The van der Waals surface area contributed by atoms with Gasteiger partial charge in [0.15, 0.2) is 11.6 Å². The third-order valence-electron chi connectivity index (χ3n) is 7.91. The van der Waals surface area contributed by atoms with Gasteiger partial charge in [0.1, 0.15) is 12.4 Å². The smallest absolute Gasteiger partial charge is 0.496 e. The number of anilines is 1. The minimum Gasteiger partial charge on any atom is -0.496 e. The highest BCUT2D eigenvalue weighted by Crippen LogP contribution is 2.45. The fourth-order valence-electron chi connectivity index (χ4n) is 5.71. The molecule has 4 atom stereocenters. The summed E-state index contributed by atoms with van der Waals surface area (Å²) in [5.41, 5.74) is -5.63. The molecule has 2 bridgehead atoms.